The first-order valence-corrected chi connectivity index (χ1v) is 8.63. The smallest absolute Gasteiger partial charge is 0.408 e. The first-order chi connectivity index (χ1) is 12.3. The topological polar surface area (TPSA) is 96.9 Å². The standard InChI is InChI=1S/C18H25FN2O5/c1-11(2)9-15(16(22)20-14-7-8-25-17(14)23)21-18(24)26-10-12-3-5-13(19)6-4-12/h3-6,11,14-15,17,23H,7-10H2,1-2H3,(H,20,22)(H,21,24)/t14-,15-,17?/m0/s1. The summed E-state index contributed by atoms with van der Waals surface area (Å²) in [4.78, 5) is 24.5. The molecule has 7 nitrogen and oxygen atoms in total. The highest BCUT2D eigenvalue weighted by Crippen LogP contribution is 2.12. The molecule has 2 rings (SSSR count). The molecule has 1 aliphatic rings. The molecule has 2 amide bonds. The number of aliphatic hydroxyl groups excluding tert-OH is 1. The van der Waals surface area contributed by atoms with Gasteiger partial charge in [0.1, 0.15) is 18.5 Å². The number of carbonyl (C=O) groups is 2. The molecule has 1 heterocycles. The van der Waals surface area contributed by atoms with Crippen LogP contribution in [0.15, 0.2) is 24.3 Å². The number of rotatable bonds is 7. The zero-order valence-electron chi connectivity index (χ0n) is 14.9. The van der Waals surface area contributed by atoms with Crippen molar-refractivity contribution in [2.24, 2.45) is 5.92 Å². The first kappa shape index (κ1) is 20.1. The van der Waals surface area contributed by atoms with E-state index in [9.17, 15) is 19.1 Å². The van der Waals surface area contributed by atoms with Gasteiger partial charge in [-0.05, 0) is 36.5 Å². The zero-order valence-corrected chi connectivity index (χ0v) is 14.9. The van der Waals surface area contributed by atoms with Crippen LogP contribution in [0.25, 0.3) is 0 Å². The number of hydrogen-bond acceptors (Lipinski definition) is 5. The lowest BCUT2D eigenvalue weighted by molar-refractivity contribution is -0.127. The fourth-order valence-electron chi connectivity index (χ4n) is 2.62. The van der Waals surface area contributed by atoms with Crippen molar-refractivity contribution in [2.75, 3.05) is 6.61 Å². The molecule has 1 unspecified atom stereocenters. The molecule has 0 spiro atoms. The summed E-state index contributed by atoms with van der Waals surface area (Å²) in [6.45, 7) is 4.20. The highest BCUT2D eigenvalue weighted by atomic mass is 19.1. The molecule has 0 aliphatic carbocycles. The SMILES string of the molecule is CC(C)C[C@H](NC(=O)OCc1ccc(F)cc1)C(=O)N[C@H]1CCOC1O. The van der Waals surface area contributed by atoms with Crippen molar-refractivity contribution in [1.82, 2.24) is 10.6 Å². The summed E-state index contributed by atoms with van der Waals surface area (Å²) in [6, 6.07) is 4.31. The van der Waals surface area contributed by atoms with E-state index in [1.807, 2.05) is 13.8 Å². The van der Waals surface area contributed by atoms with Gasteiger partial charge in [0.15, 0.2) is 6.29 Å². The van der Waals surface area contributed by atoms with Gasteiger partial charge in [0.2, 0.25) is 5.91 Å². The minimum absolute atomic E-state index is 0.0304. The molecule has 0 bridgehead atoms. The van der Waals surface area contributed by atoms with Crippen molar-refractivity contribution < 1.29 is 28.6 Å². The second-order valence-electron chi connectivity index (χ2n) is 6.69. The maximum Gasteiger partial charge on any atom is 0.408 e. The van der Waals surface area contributed by atoms with Gasteiger partial charge >= 0.3 is 6.09 Å². The molecule has 1 aliphatic heterocycles. The highest BCUT2D eigenvalue weighted by molar-refractivity contribution is 5.85. The van der Waals surface area contributed by atoms with E-state index in [0.29, 0.717) is 25.0 Å². The molecular weight excluding hydrogens is 343 g/mol. The maximum absolute atomic E-state index is 12.9. The fraction of sp³-hybridized carbons (Fsp3) is 0.556. The third-order valence-corrected chi connectivity index (χ3v) is 3.99. The van der Waals surface area contributed by atoms with Crippen LogP contribution in [0.2, 0.25) is 0 Å². The van der Waals surface area contributed by atoms with Gasteiger partial charge in [-0.3, -0.25) is 4.79 Å². The molecule has 0 saturated carbocycles. The largest absolute Gasteiger partial charge is 0.445 e. The predicted molar refractivity (Wildman–Crippen MR) is 91.5 cm³/mol. The number of aliphatic hydroxyl groups is 1. The third-order valence-electron chi connectivity index (χ3n) is 3.99. The molecule has 1 saturated heterocycles. The molecular formula is C18H25FN2O5. The summed E-state index contributed by atoms with van der Waals surface area (Å²) >= 11 is 0. The predicted octanol–water partition coefficient (Wildman–Crippen LogP) is 1.69. The van der Waals surface area contributed by atoms with Crippen molar-refractivity contribution in [3.8, 4) is 0 Å². The van der Waals surface area contributed by atoms with Crippen molar-refractivity contribution in [3.05, 3.63) is 35.6 Å². The van der Waals surface area contributed by atoms with E-state index in [-0.39, 0.29) is 18.3 Å². The van der Waals surface area contributed by atoms with Crippen LogP contribution in [0.5, 0.6) is 0 Å². The van der Waals surface area contributed by atoms with Crippen LogP contribution >= 0.6 is 0 Å². The Hall–Kier alpha value is -2.19. The molecule has 1 aromatic carbocycles. The molecule has 3 atom stereocenters. The van der Waals surface area contributed by atoms with Crippen LogP contribution in [0, 0.1) is 11.7 Å². The van der Waals surface area contributed by atoms with E-state index in [0.717, 1.165) is 0 Å². The fourth-order valence-corrected chi connectivity index (χ4v) is 2.62. The third kappa shape index (κ3) is 6.27. The van der Waals surface area contributed by atoms with E-state index >= 15 is 0 Å². The van der Waals surface area contributed by atoms with Crippen LogP contribution in [-0.2, 0) is 20.9 Å². The van der Waals surface area contributed by atoms with Gasteiger partial charge in [0.05, 0.1) is 12.6 Å². The number of hydrogen-bond donors (Lipinski definition) is 3. The van der Waals surface area contributed by atoms with Gasteiger partial charge in [-0.1, -0.05) is 26.0 Å². The Balaban J connectivity index is 1.87. The lowest BCUT2D eigenvalue weighted by Crippen LogP contribution is -2.51. The van der Waals surface area contributed by atoms with Crippen LogP contribution < -0.4 is 10.6 Å². The number of amides is 2. The minimum Gasteiger partial charge on any atom is -0.445 e. The summed E-state index contributed by atoms with van der Waals surface area (Å²) in [5.74, 6) is -0.607. The van der Waals surface area contributed by atoms with Crippen molar-refractivity contribution in [2.45, 2.75) is 51.7 Å². The molecule has 1 aromatic rings. The quantitative estimate of drug-likeness (QED) is 0.681. The van der Waals surface area contributed by atoms with Crippen molar-refractivity contribution in [1.29, 1.82) is 0 Å². The number of alkyl carbamates (subject to hydrolysis) is 1. The summed E-state index contributed by atoms with van der Waals surface area (Å²) in [5.41, 5.74) is 0.637. The maximum atomic E-state index is 12.9. The minimum atomic E-state index is -1.04. The molecule has 3 N–H and O–H groups in total. The summed E-state index contributed by atoms with van der Waals surface area (Å²) < 4.78 is 23.0. The molecule has 26 heavy (non-hydrogen) atoms. The lowest BCUT2D eigenvalue weighted by atomic mass is 10.0. The summed E-state index contributed by atoms with van der Waals surface area (Å²) in [7, 11) is 0. The van der Waals surface area contributed by atoms with Crippen LogP contribution in [-0.4, -0.2) is 42.1 Å². The zero-order chi connectivity index (χ0) is 19.1. The van der Waals surface area contributed by atoms with Gasteiger partial charge in [-0.2, -0.15) is 0 Å². The lowest BCUT2D eigenvalue weighted by Gasteiger charge is -2.23. The van der Waals surface area contributed by atoms with Gasteiger partial charge < -0.3 is 25.2 Å². The molecule has 0 aromatic heterocycles. The Labute approximate surface area is 151 Å². The second-order valence-corrected chi connectivity index (χ2v) is 6.69. The Morgan fingerprint density at radius 3 is 2.62 bits per heavy atom. The molecule has 0 radical (unpaired) electrons. The number of ether oxygens (including phenoxy) is 2. The van der Waals surface area contributed by atoms with E-state index in [1.165, 1.54) is 24.3 Å². The number of carbonyl (C=O) groups excluding carboxylic acids is 2. The average molecular weight is 368 g/mol. The van der Waals surface area contributed by atoms with E-state index in [4.69, 9.17) is 9.47 Å². The normalized spacial score (nSPS) is 20.7. The molecule has 1 fully saturated rings. The number of halogens is 1. The Bertz CT molecular complexity index is 608. The molecule has 8 heteroatoms. The highest BCUT2D eigenvalue weighted by Gasteiger charge is 2.31. The Morgan fingerprint density at radius 2 is 2.04 bits per heavy atom. The van der Waals surface area contributed by atoms with Crippen molar-refractivity contribution in [3.63, 3.8) is 0 Å². The second kappa shape index (κ2) is 9.49. The molecule has 144 valence electrons. The van der Waals surface area contributed by atoms with Crippen LogP contribution in [0.3, 0.4) is 0 Å². The van der Waals surface area contributed by atoms with Gasteiger partial charge in [-0.25, -0.2) is 9.18 Å². The Kier molecular flexibility index (Phi) is 7.35. The van der Waals surface area contributed by atoms with E-state index in [2.05, 4.69) is 10.6 Å². The van der Waals surface area contributed by atoms with Crippen molar-refractivity contribution >= 4 is 12.0 Å². The summed E-state index contributed by atoms with van der Waals surface area (Å²) in [5, 5.41) is 14.9. The monoisotopic (exact) mass is 368 g/mol. The van der Waals surface area contributed by atoms with Gasteiger partial charge in [0.25, 0.3) is 0 Å². The van der Waals surface area contributed by atoms with Gasteiger partial charge in [0, 0.05) is 0 Å². The summed E-state index contributed by atoms with van der Waals surface area (Å²) in [6.07, 6.45) is -0.847. The first-order valence-electron chi connectivity index (χ1n) is 8.63. The van der Waals surface area contributed by atoms with Crippen LogP contribution in [0.4, 0.5) is 9.18 Å². The van der Waals surface area contributed by atoms with Crippen LogP contribution in [0.1, 0.15) is 32.3 Å². The Morgan fingerprint density at radius 1 is 1.35 bits per heavy atom. The number of nitrogens with one attached hydrogen (secondary N) is 2. The van der Waals surface area contributed by atoms with Gasteiger partial charge in [-0.15, -0.1) is 0 Å². The average Bonchev–Trinajstić information content (AvgIpc) is 2.98. The number of benzene rings is 1. The van der Waals surface area contributed by atoms with E-state index < -0.39 is 30.4 Å². The van der Waals surface area contributed by atoms with E-state index in [1.54, 1.807) is 0 Å².